The molecule has 0 aliphatic carbocycles. The van der Waals surface area contributed by atoms with Crippen LogP contribution in [-0.4, -0.2) is 31.8 Å². The highest BCUT2D eigenvalue weighted by Gasteiger charge is 2.34. The number of alkyl halides is 3. The van der Waals surface area contributed by atoms with E-state index in [0.29, 0.717) is 13.0 Å². The first-order valence-electron chi connectivity index (χ1n) is 6.16. The number of hydrogen-bond acceptors (Lipinski definition) is 4. The molecule has 0 aromatic heterocycles. The predicted octanol–water partition coefficient (Wildman–Crippen LogP) is 2.64. The van der Waals surface area contributed by atoms with Gasteiger partial charge in [-0.25, -0.2) is 0 Å². The number of nitrogens with one attached hydrogen (secondary N) is 1. The Morgan fingerprint density at radius 3 is 2.76 bits per heavy atom. The lowest BCUT2D eigenvalue weighted by Gasteiger charge is -2.16. The van der Waals surface area contributed by atoms with Crippen molar-refractivity contribution in [2.24, 2.45) is 0 Å². The Morgan fingerprint density at radius 1 is 1.43 bits per heavy atom. The van der Waals surface area contributed by atoms with Gasteiger partial charge in [-0.15, -0.1) is 0 Å². The fourth-order valence-electron chi connectivity index (χ4n) is 2.06. The molecule has 0 saturated carbocycles. The molecule has 0 radical (unpaired) electrons. The molecule has 21 heavy (non-hydrogen) atoms. The van der Waals surface area contributed by atoms with Crippen molar-refractivity contribution in [3.63, 3.8) is 0 Å². The van der Waals surface area contributed by atoms with Crippen LogP contribution in [0.15, 0.2) is 18.2 Å². The minimum Gasteiger partial charge on any atom is -0.487 e. The van der Waals surface area contributed by atoms with E-state index in [1.165, 1.54) is 7.11 Å². The standard InChI is InChI=1S/C13H13ClF3NO3/c1-20-12(19)10-5-8(6-18-10)21-11-4-7(13(15,16)17)2-3-9(11)14/h2-4,8,10,18H,5-6H2,1H3/t8-,10+/m1/s1. The molecule has 0 unspecified atom stereocenters. The van der Waals surface area contributed by atoms with Gasteiger partial charge in [0.15, 0.2) is 0 Å². The molecule has 1 fully saturated rings. The first-order valence-corrected chi connectivity index (χ1v) is 6.53. The predicted molar refractivity (Wildman–Crippen MR) is 69.3 cm³/mol. The molecule has 1 aromatic rings. The molecule has 1 aromatic carbocycles. The Morgan fingerprint density at radius 2 is 2.14 bits per heavy atom. The minimum absolute atomic E-state index is 0.0520. The maximum atomic E-state index is 12.7. The lowest BCUT2D eigenvalue weighted by atomic mass is 10.2. The van der Waals surface area contributed by atoms with Crippen LogP contribution in [0.25, 0.3) is 0 Å². The number of esters is 1. The zero-order valence-electron chi connectivity index (χ0n) is 11.0. The van der Waals surface area contributed by atoms with Gasteiger partial charge in [-0.3, -0.25) is 4.79 Å². The van der Waals surface area contributed by atoms with Gasteiger partial charge in [0.1, 0.15) is 17.9 Å². The molecule has 1 aliphatic heterocycles. The second kappa shape index (κ2) is 6.11. The van der Waals surface area contributed by atoms with E-state index in [4.69, 9.17) is 16.3 Å². The summed E-state index contributed by atoms with van der Waals surface area (Å²) in [6.07, 6.45) is -4.61. The van der Waals surface area contributed by atoms with Crippen molar-refractivity contribution in [1.29, 1.82) is 0 Å². The van der Waals surface area contributed by atoms with Crippen molar-refractivity contribution in [3.8, 4) is 5.75 Å². The molecule has 1 aliphatic rings. The number of benzene rings is 1. The quantitative estimate of drug-likeness (QED) is 0.869. The number of carbonyl (C=O) groups is 1. The molecular weight excluding hydrogens is 311 g/mol. The van der Waals surface area contributed by atoms with Crippen molar-refractivity contribution >= 4 is 17.6 Å². The van der Waals surface area contributed by atoms with Gasteiger partial charge >= 0.3 is 12.1 Å². The summed E-state index contributed by atoms with van der Waals surface area (Å²) in [5.74, 6) is -0.486. The Hall–Kier alpha value is -1.47. The molecule has 0 bridgehead atoms. The van der Waals surface area contributed by atoms with Gasteiger partial charge in [-0.05, 0) is 18.2 Å². The van der Waals surface area contributed by atoms with E-state index in [9.17, 15) is 18.0 Å². The third-order valence-electron chi connectivity index (χ3n) is 3.13. The molecule has 116 valence electrons. The summed E-state index contributed by atoms with van der Waals surface area (Å²) in [4.78, 5) is 11.3. The first-order chi connectivity index (χ1) is 9.81. The largest absolute Gasteiger partial charge is 0.487 e. The van der Waals surface area contributed by atoms with Crippen LogP contribution in [0.5, 0.6) is 5.75 Å². The summed E-state index contributed by atoms with van der Waals surface area (Å²) in [5, 5.41) is 2.96. The van der Waals surface area contributed by atoms with Crippen molar-refractivity contribution in [1.82, 2.24) is 5.32 Å². The molecule has 0 spiro atoms. The third-order valence-corrected chi connectivity index (χ3v) is 3.44. The summed E-state index contributed by atoms with van der Waals surface area (Å²) in [7, 11) is 1.27. The second-order valence-electron chi connectivity index (χ2n) is 4.60. The molecule has 4 nitrogen and oxygen atoms in total. The van der Waals surface area contributed by atoms with Crippen LogP contribution in [0.3, 0.4) is 0 Å². The maximum absolute atomic E-state index is 12.7. The fraction of sp³-hybridized carbons (Fsp3) is 0.462. The number of halogens is 4. The van der Waals surface area contributed by atoms with Gasteiger partial charge < -0.3 is 14.8 Å². The summed E-state index contributed by atoms with van der Waals surface area (Å²) in [6.45, 7) is 0.326. The zero-order valence-corrected chi connectivity index (χ0v) is 11.8. The van der Waals surface area contributed by atoms with Crippen LogP contribution in [0.1, 0.15) is 12.0 Å². The molecule has 0 amide bonds. The summed E-state index contributed by atoms with van der Waals surface area (Å²) < 4.78 is 48.0. The molecule has 1 saturated heterocycles. The van der Waals surface area contributed by atoms with E-state index in [2.05, 4.69) is 10.1 Å². The highest BCUT2D eigenvalue weighted by Crippen LogP contribution is 2.35. The van der Waals surface area contributed by atoms with E-state index in [-0.39, 0.29) is 10.8 Å². The lowest BCUT2D eigenvalue weighted by molar-refractivity contribution is -0.142. The molecule has 1 N–H and O–H groups in total. The molecule has 2 rings (SSSR count). The summed E-state index contributed by atoms with van der Waals surface area (Å²) in [5.41, 5.74) is -0.836. The Labute approximate surface area is 124 Å². The SMILES string of the molecule is COC(=O)[C@@H]1C[C@@H](Oc2cc(C(F)(F)F)ccc2Cl)CN1. The minimum atomic E-state index is -4.47. The highest BCUT2D eigenvalue weighted by atomic mass is 35.5. The van der Waals surface area contributed by atoms with Crippen LogP contribution in [-0.2, 0) is 15.7 Å². The van der Waals surface area contributed by atoms with Gasteiger partial charge in [0.05, 0.1) is 17.7 Å². The van der Waals surface area contributed by atoms with E-state index in [0.717, 1.165) is 18.2 Å². The van der Waals surface area contributed by atoms with Gasteiger partial charge in [0, 0.05) is 13.0 Å². The van der Waals surface area contributed by atoms with E-state index in [1.807, 2.05) is 0 Å². The Bertz CT molecular complexity index is 536. The number of rotatable bonds is 3. The van der Waals surface area contributed by atoms with E-state index in [1.54, 1.807) is 0 Å². The van der Waals surface area contributed by atoms with Crippen LogP contribution in [0.4, 0.5) is 13.2 Å². The third kappa shape index (κ3) is 3.79. The van der Waals surface area contributed by atoms with Gasteiger partial charge in [0.2, 0.25) is 0 Å². The fourth-order valence-corrected chi connectivity index (χ4v) is 2.23. The molecule has 8 heteroatoms. The normalized spacial score (nSPS) is 22.1. The zero-order chi connectivity index (χ0) is 15.6. The number of hydrogen-bond donors (Lipinski definition) is 1. The topological polar surface area (TPSA) is 47.6 Å². The van der Waals surface area contributed by atoms with Gasteiger partial charge in [-0.2, -0.15) is 13.2 Å². The lowest BCUT2D eigenvalue weighted by Crippen LogP contribution is -2.31. The van der Waals surface area contributed by atoms with Crippen molar-refractivity contribution in [3.05, 3.63) is 28.8 Å². The van der Waals surface area contributed by atoms with Crippen molar-refractivity contribution < 1.29 is 27.4 Å². The molecule has 1 heterocycles. The number of ether oxygens (including phenoxy) is 2. The van der Waals surface area contributed by atoms with E-state index < -0.39 is 29.9 Å². The Kier molecular flexibility index (Phi) is 4.63. The maximum Gasteiger partial charge on any atom is 0.416 e. The average molecular weight is 324 g/mol. The monoisotopic (exact) mass is 323 g/mol. The van der Waals surface area contributed by atoms with Gasteiger partial charge in [-0.1, -0.05) is 11.6 Å². The smallest absolute Gasteiger partial charge is 0.416 e. The average Bonchev–Trinajstić information content (AvgIpc) is 2.87. The van der Waals surface area contributed by atoms with Crippen molar-refractivity contribution in [2.45, 2.75) is 24.7 Å². The Balaban J connectivity index is 2.08. The van der Waals surface area contributed by atoms with E-state index >= 15 is 0 Å². The van der Waals surface area contributed by atoms with Crippen LogP contribution < -0.4 is 10.1 Å². The van der Waals surface area contributed by atoms with Crippen LogP contribution >= 0.6 is 11.6 Å². The summed E-state index contributed by atoms with van der Waals surface area (Å²) in [6, 6.07) is 2.36. The first kappa shape index (κ1) is 15.9. The summed E-state index contributed by atoms with van der Waals surface area (Å²) >= 11 is 5.85. The molecular formula is C13H13ClF3NO3. The number of methoxy groups -OCH3 is 1. The van der Waals surface area contributed by atoms with Crippen LogP contribution in [0, 0.1) is 0 Å². The molecule has 2 atom stereocenters. The van der Waals surface area contributed by atoms with Gasteiger partial charge in [0.25, 0.3) is 0 Å². The van der Waals surface area contributed by atoms with Crippen molar-refractivity contribution in [2.75, 3.05) is 13.7 Å². The highest BCUT2D eigenvalue weighted by molar-refractivity contribution is 6.32. The second-order valence-corrected chi connectivity index (χ2v) is 5.01. The number of carbonyl (C=O) groups excluding carboxylic acids is 1. The van der Waals surface area contributed by atoms with Crippen LogP contribution in [0.2, 0.25) is 5.02 Å².